The van der Waals surface area contributed by atoms with Gasteiger partial charge in [0.05, 0.1) is 6.54 Å². The fourth-order valence-electron chi connectivity index (χ4n) is 5.07. The molecule has 0 aromatic heterocycles. The van der Waals surface area contributed by atoms with Crippen molar-refractivity contribution < 1.29 is 24.2 Å². The molecule has 1 aliphatic heterocycles. The third-order valence-electron chi connectivity index (χ3n) is 6.81. The zero-order valence-electron chi connectivity index (χ0n) is 20.1. The number of carbonyl (C=O) groups is 3. The molecule has 186 valence electrons. The Bertz CT molecular complexity index is 1020. The van der Waals surface area contributed by atoms with E-state index >= 15 is 0 Å². The van der Waals surface area contributed by atoms with Crippen LogP contribution in [0.4, 0.5) is 4.79 Å². The number of nitrogens with zero attached hydrogens (tertiary/aromatic N) is 2. The number of carbonyl (C=O) groups excluding carboxylic acids is 2. The molecule has 1 heterocycles. The number of nitrogens with one attached hydrogen (secondary N) is 1. The Hall–Kier alpha value is -3.39. The molecule has 0 saturated carbocycles. The van der Waals surface area contributed by atoms with Gasteiger partial charge < -0.3 is 20.1 Å². The quantitative estimate of drug-likeness (QED) is 0.573. The molecule has 0 radical (unpaired) electrons. The van der Waals surface area contributed by atoms with Gasteiger partial charge in [0.1, 0.15) is 6.61 Å². The highest BCUT2D eigenvalue weighted by atomic mass is 16.5. The molecular weight excluding hydrogens is 446 g/mol. The van der Waals surface area contributed by atoms with Crippen molar-refractivity contribution in [2.45, 2.75) is 38.1 Å². The molecule has 8 nitrogen and oxygen atoms in total. The van der Waals surface area contributed by atoms with Crippen LogP contribution >= 0.6 is 0 Å². The topological polar surface area (TPSA) is 99.2 Å². The minimum Gasteiger partial charge on any atom is -0.480 e. The lowest BCUT2D eigenvalue weighted by Gasteiger charge is -2.34. The van der Waals surface area contributed by atoms with E-state index in [0.717, 1.165) is 17.5 Å². The lowest BCUT2D eigenvalue weighted by atomic mass is 9.98. The predicted octanol–water partition coefficient (Wildman–Crippen LogP) is 3.31. The van der Waals surface area contributed by atoms with Gasteiger partial charge in [-0.3, -0.25) is 14.5 Å². The molecule has 35 heavy (non-hydrogen) atoms. The van der Waals surface area contributed by atoms with Gasteiger partial charge in [0, 0.05) is 44.6 Å². The Labute approximate surface area is 205 Å². The van der Waals surface area contributed by atoms with E-state index in [0.29, 0.717) is 32.6 Å². The molecule has 2 N–H and O–H groups in total. The van der Waals surface area contributed by atoms with Crippen molar-refractivity contribution in [2.24, 2.45) is 0 Å². The monoisotopic (exact) mass is 479 g/mol. The van der Waals surface area contributed by atoms with E-state index in [1.807, 2.05) is 36.1 Å². The molecule has 0 bridgehead atoms. The molecule has 2 amide bonds. The molecule has 1 fully saturated rings. The van der Waals surface area contributed by atoms with Crippen LogP contribution in [0.1, 0.15) is 43.2 Å². The van der Waals surface area contributed by atoms with E-state index in [2.05, 4.69) is 29.6 Å². The molecule has 1 atom stereocenters. The lowest BCUT2D eigenvalue weighted by molar-refractivity contribution is -0.139. The van der Waals surface area contributed by atoms with E-state index < -0.39 is 12.1 Å². The van der Waals surface area contributed by atoms with Gasteiger partial charge in [0.2, 0.25) is 5.91 Å². The number of piperazine rings is 1. The van der Waals surface area contributed by atoms with Crippen molar-refractivity contribution >= 4 is 18.0 Å². The third-order valence-corrected chi connectivity index (χ3v) is 6.81. The zero-order valence-corrected chi connectivity index (χ0v) is 20.1. The van der Waals surface area contributed by atoms with Gasteiger partial charge in [0.15, 0.2) is 0 Å². The second-order valence-electron chi connectivity index (χ2n) is 9.21. The molecular formula is C27H33N3O5. The maximum absolute atomic E-state index is 12.8. The summed E-state index contributed by atoms with van der Waals surface area (Å²) in [6.45, 7) is 4.31. The second kappa shape index (κ2) is 11.4. The average Bonchev–Trinajstić information content (AvgIpc) is 3.16. The van der Waals surface area contributed by atoms with Crippen LogP contribution in [0.2, 0.25) is 0 Å². The summed E-state index contributed by atoms with van der Waals surface area (Å²) in [5, 5.41) is 11.8. The van der Waals surface area contributed by atoms with E-state index in [1.165, 1.54) is 11.1 Å². The van der Waals surface area contributed by atoms with Crippen LogP contribution < -0.4 is 5.32 Å². The van der Waals surface area contributed by atoms with Gasteiger partial charge in [-0.2, -0.15) is 0 Å². The molecule has 2 aromatic carbocycles. The second-order valence-corrected chi connectivity index (χ2v) is 9.21. The highest BCUT2D eigenvalue weighted by molar-refractivity contribution is 5.80. The SMILES string of the molecule is CCC[C@H](CC(=O)N1CCN(CC(=O)O)CC1)NC(=O)OCC1c2ccccc2-c2ccccc21. The number of fused-ring (bicyclic) bond motifs is 3. The van der Waals surface area contributed by atoms with Crippen LogP contribution in [0, 0.1) is 0 Å². The first-order valence-corrected chi connectivity index (χ1v) is 12.3. The number of carboxylic acids is 1. The summed E-state index contributed by atoms with van der Waals surface area (Å²) >= 11 is 0. The van der Waals surface area contributed by atoms with Crippen molar-refractivity contribution in [1.29, 1.82) is 0 Å². The van der Waals surface area contributed by atoms with Crippen LogP contribution in [-0.4, -0.2) is 78.2 Å². The summed E-state index contributed by atoms with van der Waals surface area (Å²) in [4.78, 5) is 40.0. The fourth-order valence-corrected chi connectivity index (χ4v) is 5.07. The first-order valence-electron chi connectivity index (χ1n) is 12.3. The molecule has 2 aliphatic rings. The van der Waals surface area contributed by atoms with Crippen molar-refractivity contribution in [3.05, 3.63) is 59.7 Å². The fraction of sp³-hybridized carbons (Fsp3) is 0.444. The van der Waals surface area contributed by atoms with Gasteiger partial charge in [-0.15, -0.1) is 0 Å². The van der Waals surface area contributed by atoms with Crippen LogP contribution in [0.5, 0.6) is 0 Å². The number of aliphatic carboxylic acids is 1. The van der Waals surface area contributed by atoms with E-state index in [9.17, 15) is 14.4 Å². The summed E-state index contributed by atoms with van der Waals surface area (Å²) in [6.07, 6.45) is 1.20. The number of benzene rings is 2. The third kappa shape index (κ3) is 6.00. The summed E-state index contributed by atoms with van der Waals surface area (Å²) in [5.41, 5.74) is 4.66. The zero-order chi connectivity index (χ0) is 24.8. The molecule has 1 aliphatic carbocycles. The molecule has 0 unspecified atom stereocenters. The Balaban J connectivity index is 1.30. The number of rotatable bonds is 9. The predicted molar refractivity (Wildman–Crippen MR) is 132 cm³/mol. The maximum Gasteiger partial charge on any atom is 0.407 e. The highest BCUT2D eigenvalue weighted by Gasteiger charge is 2.30. The van der Waals surface area contributed by atoms with E-state index in [4.69, 9.17) is 9.84 Å². The number of hydrogen-bond acceptors (Lipinski definition) is 5. The molecule has 2 aromatic rings. The van der Waals surface area contributed by atoms with Crippen LogP contribution in [0.25, 0.3) is 11.1 Å². The molecule has 0 spiro atoms. The summed E-state index contributed by atoms with van der Waals surface area (Å²) in [5.74, 6) is -0.904. The summed E-state index contributed by atoms with van der Waals surface area (Å²) < 4.78 is 5.66. The van der Waals surface area contributed by atoms with Crippen molar-refractivity contribution in [3.8, 4) is 11.1 Å². The van der Waals surface area contributed by atoms with E-state index in [1.54, 1.807) is 4.90 Å². The van der Waals surface area contributed by atoms with Gasteiger partial charge in [0.25, 0.3) is 0 Å². The molecule has 4 rings (SSSR count). The number of amides is 2. The van der Waals surface area contributed by atoms with E-state index in [-0.39, 0.29) is 37.4 Å². The molecule has 1 saturated heterocycles. The number of ether oxygens (including phenoxy) is 1. The van der Waals surface area contributed by atoms with Gasteiger partial charge in [-0.05, 0) is 28.7 Å². The largest absolute Gasteiger partial charge is 0.480 e. The number of carboxylic acid groups (broad SMARTS) is 1. The van der Waals surface area contributed by atoms with Gasteiger partial charge in [-0.1, -0.05) is 61.9 Å². The lowest BCUT2D eigenvalue weighted by Crippen LogP contribution is -2.51. The van der Waals surface area contributed by atoms with Crippen LogP contribution in [0.3, 0.4) is 0 Å². The highest BCUT2D eigenvalue weighted by Crippen LogP contribution is 2.44. The smallest absolute Gasteiger partial charge is 0.407 e. The minimum atomic E-state index is -0.861. The first kappa shape index (κ1) is 24.7. The number of hydrogen-bond donors (Lipinski definition) is 2. The van der Waals surface area contributed by atoms with Crippen molar-refractivity contribution in [2.75, 3.05) is 39.3 Å². The Morgan fingerprint density at radius 2 is 1.60 bits per heavy atom. The standard InChI is InChI=1S/C27H33N3O5/c1-2-7-19(16-25(31)30-14-12-29(13-15-30)17-26(32)33)28-27(34)35-18-24-22-10-5-3-8-20(22)21-9-4-6-11-23(21)24/h3-6,8-11,19,24H,2,7,12-18H2,1H3,(H,28,34)(H,32,33)/t19-/m1/s1. The van der Waals surface area contributed by atoms with Crippen LogP contribution in [0.15, 0.2) is 48.5 Å². The van der Waals surface area contributed by atoms with Gasteiger partial charge in [-0.25, -0.2) is 4.79 Å². The van der Waals surface area contributed by atoms with Crippen molar-refractivity contribution in [3.63, 3.8) is 0 Å². The maximum atomic E-state index is 12.8. The summed E-state index contributed by atoms with van der Waals surface area (Å²) in [6, 6.07) is 16.1. The van der Waals surface area contributed by atoms with Crippen molar-refractivity contribution in [1.82, 2.24) is 15.1 Å². The average molecular weight is 480 g/mol. The number of alkyl carbamates (subject to hydrolysis) is 1. The Morgan fingerprint density at radius 3 is 2.17 bits per heavy atom. The molecule has 8 heteroatoms. The van der Waals surface area contributed by atoms with Gasteiger partial charge >= 0.3 is 12.1 Å². The summed E-state index contributed by atoms with van der Waals surface area (Å²) in [7, 11) is 0. The van der Waals surface area contributed by atoms with Crippen LogP contribution in [-0.2, 0) is 14.3 Å². The Morgan fingerprint density at radius 1 is 1.00 bits per heavy atom. The normalized spacial score (nSPS) is 16.3. The Kier molecular flexibility index (Phi) is 8.02. The first-order chi connectivity index (χ1) is 17.0. The minimum absolute atomic E-state index is 0.0101.